The molecule has 0 saturated heterocycles. The third-order valence-corrected chi connectivity index (χ3v) is 7.62. The van der Waals surface area contributed by atoms with Crippen LogP contribution in [0.5, 0.6) is 0 Å². The molecule has 2 heterocycles. The summed E-state index contributed by atoms with van der Waals surface area (Å²) in [4.78, 5) is 1.19. The normalized spacial score (nSPS) is 21.4. The van der Waals surface area contributed by atoms with E-state index in [4.69, 9.17) is 0 Å². The van der Waals surface area contributed by atoms with Crippen LogP contribution in [0.2, 0.25) is 0 Å². The molecule has 18 heavy (non-hydrogen) atoms. The molecule has 0 N–H and O–H groups in total. The smallest absolute Gasteiger partial charge is 0.188 e. The number of thioether (sulfide) groups is 1. The molecule has 1 atom stereocenters. The van der Waals surface area contributed by atoms with Crippen LogP contribution in [0.3, 0.4) is 0 Å². The van der Waals surface area contributed by atoms with Gasteiger partial charge in [0.25, 0.3) is 0 Å². The molecular weight excluding hydrogens is 284 g/mol. The first kappa shape index (κ1) is 12.3. The van der Waals surface area contributed by atoms with Crippen LogP contribution >= 0.6 is 23.1 Å². The topological polar surface area (TPSA) is 34.1 Å². The van der Waals surface area contributed by atoms with E-state index in [1.165, 1.54) is 16.2 Å². The Morgan fingerprint density at radius 3 is 2.72 bits per heavy atom. The molecule has 2 nitrogen and oxygen atoms in total. The second kappa shape index (κ2) is 4.72. The van der Waals surface area contributed by atoms with Gasteiger partial charge >= 0.3 is 0 Å². The van der Waals surface area contributed by atoms with Crippen molar-refractivity contribution in [3.8, 4) is 0 Å². The molecule has 2 aromatic rings. The van der Waals surface area contributed by atoms with Crippen molar-refractivity contribution in [3.05, 3.63) is 47.3 Å². The standard InChI is InChI=1S/C13H12O2S3/c14-18(15)9-7-12(11-6-8-16-13(11)18)17-10-4-2-1-3-5-10/h1-6,8,12H,7,9H2/t12-/m0/s1. The molecule has 0 radical (unpaired) electrons. The van der Waals surface area contributed by atoms with Crippen LogP contribution in [0.25, 0.3) is 0 Å². The van der Waals surface area contributed by atoms with Crippen molar-refractivity contribution in [2.24, 2.45) is 0 Å². The zero-order valence-corrected chi connectivity index (χ0v) is 12.0. The zero-order valence-electron chi connectivity index (χ0n) is 9.57. The van der Waals surface area contributed by atoms with Gasteiger partial charge < -0.3 is 0 Å². The summed E-state index contributed by atoms with van der Waals surface area (Å²) in [5.74, 6) is 0.269. The highest BCUT2D eigenvalue weighted by Gasteiger charge is 2.31. The Hall–Kier alpha value is -0.780. The summed E-state index contributed by atoms with van der Waals surface area (Å²) in [6.07, 6.45) is 0.700. The Balaban J connectivity index is 1.93. The number of thiophene rings is 1. The Kier molecular flexibility index (Phi) is 3.21. The van der Waals surface area contributed by atoms with E-state index in [1.807, 2.05) is 29.6 Å². The Labute approximate surface area is 115 Å². The third-order valence-electron chi connectivity index (χ3n) is 2.96. The lowest BCUT2D eigenvalue weighted by Crippen LogP contribution is -2.16. The molecule has 0 unspecified atom stereocenters. The third kappa shape index (κ3) is 2.22. The van der Waals surface area contributed by atoms with Crippen LogP contribution in [0.15, 0.2) is 50.9 Å². The first-order valence-electron chi connectivity index (χ1n) is 5.69. The van der Waals surface area contributed by atoms with Crippen molar-refractivity contribution < 1.29 is 8.42 Å². The fourth-order valence-electron chi connectivity index (χ4n) is 2.09. The summed E-state index contributed by atoms with van der Waals surface area (Å²) < 4.78 is 24.4. The summed E-state index contributed by atoms with van der Waals surface area (Å²) in [6.45, 7) is 0. The fraction of sp³-hybridized carbons (Fsp3) is 0.231. The summed E-state index contributed by atoms with van der Waals surface area (Å²) in [5.41, 5.74) is 0.986. The van der Waals surface area contributed by atoms with Gasteiger partial charge in [0.15, 0.2) is 9.84 Å². The fourth-order valence-corrected chi connectivity index (χ4v) is 6.58. The van der Waals surface area contributed by atoms with Crippen molar-refractivity contribution in [1.29, 1.82) is 0 Å². The van der Waals surface area contributed by atoms with Gasteiger partial charge in [-0.2, -0.15) is 0 Å². The first-order chi connectivity index (χ1) is 8.67. The SMILES string of the molecule is O=S1(=O)CC[C@H](Sc2ccccc2)c2ccsc21. The van der Waals surface area contributed by atoms with Crippen LogP contribution < -0.4 is 0 Å². The number of hydrogen-bond donors (Lipinski definition) is 0. The maximum absolute atomic E-state index is 11.9. The lowest BCUT2D eigenvalue weighted by molar-refractivity contribution is 0.588. The maximum Gasteiger partial charge on any atom is 0.188 e. The van der Waals surface area contributed by atoms with Crippen LogP contribution in [0.4, 0.5) is 0 Å². The van der Waals surface area contributed by atoms with Crippen LogP contribution in [-0.2, 0) is 9.84 Å². The van der Waals surface area contributed by atoms with E-state index in [-0.39, 0.29) is 11.0 Å². The average Bonchev–Trinajstić information content (AvgIpc) is 2.85. The van der Waals surface area contributed by atoms with E-state index in [2.05, 4.69) is 12.1 Å². The molecule has 1 aromatic heterocycles. The predicted octanol–water partition coefficient (Wildman–Crippen LogP) is 3.76. The van der Waals surface area contributed by atoms with E-state index in [0.717, 1.165) is 5.56 Å². The molecule has 1 aliphatic rings. The number of fused-ring (bicyclic) bond motifs is 1. The van der Waals surface area contributed by atoms with E-state index in [0.29, 0.717) is 10.6 Å². The van der Waals surface area contributed by atoms with E-state index in [1.54, 1.807) is 11.8 Å². The average molecular weight is 296 g/mol. The first-order valence-corrected chi connectivity index (χ1v) is 9.10. The molecule has 0 spiro atoms. The number of sulfone groups is 1. The number of hydrogen-bond acceptors (Lipinski definition) is 4. The summed E-state index contributed by atoms with van der Waals surface area (Å²) in [6, 6.07) is 12.1. The molecular formula is C13H12O2S3. The van der Waals surface area contributed by atoms with Crippen LogP contribution in [-0.4, -0.2) is 14.2 Å². The van der Waals surface area contributed by atoms with Crippen molar-refractivity contribution >= 4 is 32.9 Å². The zero-order chi connectivity index (χ0) is 12.6. The van der Waals surface area contributed by atoms with Crippen LogP contribution in [0.1, 0.15) is 17.2 Å². The summed E-state index contributed by atoms with van der Waals surface area (Å²) in [7, 11) is -3.02. The van der Waals surface area contributed by atoms with Gasteiger partial charge in [0.2, 0.25) is 0 Å². The minimum Gasteiger partial charge on any atom is -0.223 e. The molecule has 5 heteroatoms. The quantitative estimate of drug-likeness (QED) is 0.846. The van der Waals surface area contributed by atoms with E-state index >= 15 is 0 Å². The van der Waals surface area contributed by atoms with Gasteiger partial charge in [0.1, 0.15) is 4.21 Å². The molecule has 0 saturated carbocycles. The van der Waals surface area contributed by atoms with Crippen molar-refractivity contribution in [1.82, 2.24) is 0 Å². The van der Waals surface area contributed by atoms with Crippen LogP contribution in [0, 0.1) is 0 Å². The number of rotatable bonds is 2. The molecule has 0 aliphatic carbocycles. The largest absolute Gasteiger partial charge is 0.223 e. The molecule has 0 fully saturated rings. The molecule has 3 rings (SSSR count). The van der Waals surface area contributed by atoms with Gasteiger partial charge in [-0.1, -0.05) is 18.2 Å². The molecule has 0 bridgehead atoms. The van der Waals surface area contributed by atoms with E-state index < -0.39 is 9.84 Å². The Morgan fingerprint density at radius 2 is 1.94 bits per heavy atom. The summed E-state index contributed by atoms with van der Waals surface area (Å²) in [5, 5.41) is 2.14. The highest BCUT2D eigenvalue weighted by molar-refractivity contribution is 8.00. The van der Waals surface area contributed by atoms with Gasteiger partial charge in [-0.3, -0.25) is 0 Å². The van der Waals surface area contributed by atoms with Gasteiger partial charge in [-0.25, -0.2) is 8.42 Å². The lowest BCUT2D eigenvalue weighted by atomic mass is 10.2. The Bertz CT molecular complexity index is 644. The second-order valence-corrected chi connectivity index (χ2v) is 8.69. The van der Waals surface area contributed by atoms with Gasteiger partial charge in [-0.15, -0.1) is 23.1 Å². The van der Waals surface area contributed by atoms with Gasteiger partial charge in [0.05, 0.1) is 5.75 Å². The van der Waals surface area contributed by atoms with E-state index in [9.17, 15) is 8.42 Å². The highest BCUT2D eigenvalue weighted by atomic mass is 32.2. The molecule has 1 aliphatic heterocycles. The Morgan fingerprint density at radius 1 is 1.17 bits per heavy atom. The number of benzene rings is 1. The molecule has 1 aromatic carbocycles. The molecule has 94 valence electrons. The molecule has 0 amide bonds. The monoisotopic (exact) mass is 296 g/mol. The van der Waals surface area contributed by atoms with Crippen molar-refractivity contribution in [2.75, 3.05) is 5.75 Å². The summed E-state index contributed by atoms with van der Waals surface area (Å²) >= 11 is 3.10. The highest BCUT2D eigenvalue weighted by Crippen LogP contribution is 2.45. The van der Waals surface area contributed by atoms with Crippen molar-refractivity contribution in [3.63, 3.8) is 0 Å². The van der Waals surface area contributed by atoms with Gasteiger partial charge in [0, 0.05) is 10.1 Å². The predicted molar refractivity (Wildman–Crippen MR) is 76.0 cm³/mol. The van der Waals surface area contributed by atoms with Gasteiger partial charge in [-0.05, 0) is 35.6 Å². The van der Waals surface area contributed by atoms with Crippen molar-refractivity contribution in [2.45, 2.75) is 20.8 Å². The second-order valence-electron chi connectivity index (χ2n) is 4.19. The lowest BCUT2D eigenvalue weighted by Gasteiger charge is -2.22. The maximum atomic E-state index is 11.9. The minimum atomic E-state index is -3.02. The minimum absolute atomic E-state index is 0.261.